The molecule has 0 saturated carbocycles. The first-order valence-corrected chi connectivity index (χ1v) is 8.72. The molecule has 0 amide bonds. The number of hydrogen-bond donors (Lipinski definition) is 0. The molecule has 4 nitrogen and oxygen atoms in total. The van der Waals surface area contributed by atoms with Crippen LogP contribution in [0, 0.1) is 5.82 Å². The monoisotopic (exact) mass is 343 g/mol. The van der Waals surface area contributed by atoms with Gasteiger partial charge in [-0.2, -0.15) is 0 Å². The van der Waals surface area contributed by atoms with Crippen molar-refractivity contribution in [1.29, 1.82) is 0 Å². The Morgan fingerprint density at radius 2 is 1.92 bits per heavy atom. The number of ether oxygens (including phenoxy) is 3. The summed E-state index contributed by atoms with van der Waals surface area (Å²) in [5.74, 6) is 1.79. The molecule has 1 saturated heterocycles. The molecule has 0 spiro atoms. The van der Waals surface area contributed by atoms with Gasteiger partial charge in [0.15, 0.2) is 0 Å². The fourth-order valence-corrected chi connectivity index (χ4v) is 3.48. The number of rotatable bonds is 4. The van der Waals surface area contributed by atoms with Crippen LogP contribution in [0.3, 0.4) is 0 Å². The minimum absolute atomic E-state index is 0.0643. The summed E-state index contributed by atoms with van der Waals surface area (Å²) in [6.45, 7) is 4.55. The van der Waals surface area contributed by atoms with Crippen molar-refractivity contribution in [2.75, 3.05) is 39.5 Å². The predicted molar refractivity (Wildman–Crippen MR) is 92.8 cm³/mol. The molecule has 2 atom stereocenters. The molecule has 2 unspecified atom stereocenters. The van der Waals surface area contributed by atoms with E-state index in [1.54, 1.807) is 12.1 Å². The van der Waals surface area contributed by atoms with E-state index in [4.69, 9.17) is 14.2 Å². The number of benzene rings is 2. The molecule has 0 N–H and O–H groups in total. The Morgan fingerprint density at radius 3 is 2.80 bits per heavy atom. The largest absolute Gasteiger partial charge is 0.493 e. The summed E-state index contributed by atoms with van der Waals surface area (Å²) in [6.07, 6.45) is -0.0643. The predicted octanol–water partition coefficient (Wildman–Crippen LogP) is 3.08. The topological polar surface area (TPSA) is 30.9 Å². The van der Waals surface area contributed by atoms with E-state index >= 15 is 0 Å². The Hall–Kier alpha value is -2.11. The molecule has 0 radical (unpaired) electrons. The van der Waals surface area contributed by atoms with Gasteiger partial charge < -0.3 is 14.2 Å². The Balaban J connectivity index is 1.39. The molecular weight excluding hydrogens is 321 g/mol. The lowest BCUT2D eigenvalue weighted by Crippen LogP contribution is -2.38. The highest BCUT2D eigenvalue weighted by Gasteiger charge is 2.28. The number of para-hydroxylation sites is 1. The van der Waals surface area contributed by atoms with E-state index in [9.17, 15) is 4.39 Å². The van der Waals surface area contributed by atoms with Crippen molar-refractivity contribution in [2.24, 2.45) is 0 Å². The summed E-state index contributed by atoms with van der Waals surface area (Å²) in [7, 11) is 0. The average Bonchev–Trinajstić information content (AvgIpc) is 2.89. The van der Waals surface area contributed by atoms with E-state index in [2.05, 4.69) is 17.0 Å². The van der Waals surface area contributed by atoms with Crippen LogP contribution in [-0.4, -0.2) is 50.5 Å². The van der Waals surface area contributed by atoms with Crippen molar-refractivity contribution in [3.05, 3.63) is 59.9 Å². The summed E-state index contributed by atoms with van der Waals surface area (Å²) in [5, 5.41) is 0. The SMILES string of the molecule is Fc1ccc(OC2COCCN(CC3COc4ccccc43)C2)cc1. The average molecular weight is 343 g/mol. The van der Waals surface area contributed by atoms with E-state index in [0.717, 1.165) is 32.0 Å². The van der Waals surface area contributed by atoms with Gasteiger partial charge in [-0.25, -0.2) is 4.39 Å². The summed E-state index contributed by atoms with van der Waals surface area (Å²) in [4.78, 5) is 2.37. The molecule has 5 heteroatoms. The number of nitrogens with zero attached hydrogens (tertiary/aromatic N) is 1. The third kappa shape index (κ3) is 3.94. The normalized spacial score (nSPS) is 23.6. The molecule has 2 heterocycles. The fraction of sp³-hybridized carbons (Fsp3) is 0.400. The highest BCUT2D eigenvalue weighted by molar-refractivity contribution is 5.39. The van der Waals surface area contributed by atoms with Crippen molar-refractivity contribution < 1.29 is 18.6 Å². The lowest BCUT2D eigenvalue weighted by Gasteiger charge is -2.26. The van der Waals surface area contributed by atoms with E-state index < -0.39 is 0 Å². The van der Waals surface area contributed by atoms with Gasteiger partial charge >= 0.3 is 0 Å². The van der Waals surface area contributed by atoms with E-state index in [1.807, 2.05) is 12.1 Å². The van der Waals surface area contributed by atoms with Crippen molar-refractivity contribution in [3.63, 3.8) is 0 Å². The molecule has 0 aliphatic carbocycles. The standard InChI is InChI=1S/C20H22FNO3/c21-16-5-7-17(8-6-16)25-18-12-22(9-10-23-14-18)11-15-13-24-20-4-2-1-3-19(15)20/h1-8,15,18H,9-14H2. The lowest BCUT2D eigenvalue weighted by molar-refractivity contribution is 0.0709. The maximum atomic E-state index is 13.0. The van der Waals surface area contributed by atoms with Gasteiger partial charge in [-0.1, -0.05) is 18.2 Å². The highest BCUT2D eigenvalue weighted by atomic mass is 19.1. The Morgan fingerprint density at radius 1 is 1.08 bits per heavy atom. The fourth-order valence-electron chi connectivity index (χ4n) is 3.48. The molecule has 0 aromatic heterocycles. The first-order chi connectivity index (χ1) is 12.3. The van der Waals surface area contributed by atoms with Crippen LogP contribution < -0.4 is 9.47 Å². The van der Waals surface area contributed by atoms with Gasteiger partial charge in [-0.05, 0) is 30.3 Å². The lowest BCUT2D eigenvalue weighted by atomic mass is 10.0. The molecule has 4 rings (SSSR count). The van der Waals surface area contributed by atoms with Crippen LogP contribution in [0.1, 0.15) is 11.5 Å². The number of halogens is 1. The van der Waals surface area contributed by atoms with Crippen molar-refractivity contribution >= 4 is 0 Å². The summed E-state index contributed by atoms with van der Waals surface area (Å²) in [5.41, 5.74) is 1.28. The van der Waals surface area contributed by atoms with Crippen molar-refractivity contribution in [2.45, 2.75) is 12.0 Å². The van der Waals surface area contributed by atoms with Gasteiger partial charge in [0.1, 0.15) is 23.4 Å². The highest BCUT2D eigenvalue weighted by Crippen LogP contribution is 2.34. The zero-order chi connectivity index (χ0) is 17.1. The molecular formula is C20H22FNO3. The molecule has 132 valence electrons. The summed E-state index contributed by atoms with van der Waals surface area (Å²) in [6, 6.07) is 14.4. The molecule has 25 heavy (non-hydrogen) atoms. The number of hydrogen-bond acceptors (Lipinski definition) is 4. The Kier molecular flexibility index (Phi) is 4.85. The maximum Gasteiger partial charge on any atom is 0.135 e. The van der Waals surface area contributed by atoms with E-state index in [-0.39, 0.29) is 11.9 Å². The number of fused-ring (bicyclic) bond motifs is 1. The van der Waals surface area contributed by atoms with Gasteiger partial charge in [-0.15, -0.1) is 0 Å². The van der Waals surface area contributed by atoms with Crippen LogP contribution in [-0.2, 0) is 4.74 Å². The quantitative estimate of drug-likeness (QED) is 0.854. The maximum absolute atomic E-state index is 13.0. The molecule has 0 bridgehead atoms. The van der Waals surface area contributed by atoms with E-state index in [1.165, 1.54) is 17.7 Å². The zero-order valence-corrected chi connectivity index (χ0v) is 14.1. The second-order valence-electron chi connectivity index (χ2n) is 6.57. The van der Waals surface area contributed by atoms with Crippen LogP contribution in [0.2, 0.25) is 0 Å². The molecule has 2 aliphatic heterocycles. The second-order valence-corrected chi connectivity index (χ2v) is 6.57. The third-order valence-electron chi connectivity index (χ3n) is 4.71. The van der Waals surface area contributed by atoms with Gasteiger partial charge in [0, 0.05) is 31.1 Å². The van der Waals surface area contributed by atoms with Crippen LogP contribution in [0.15, 0.2) is 48.5 Å². The summed E-state index contributed by atoms with van der Waals surface area (Å²) < 4.78 is 30.5. The second kappa shape index (κ2) is 7.42. The third-order valence-corrected chi connectivity index (χ3v) is 4.71. The molecule has 2 aromatic carbocycles. The van der Waals surface area contributed by atoms with E-state index in [0.29, 0.717) is 24.9 Å². The molecule has 2 aliphatic rings. The molecule has 2 aromatic rings. The summed E-state index contributed by atoms with van der Waals surface area (Å²) >= 11 is 0. The van der Waals surface area contributed by atoms with Crippen LogP contribution in [0.4, 0.5) is 4.39 Å². The zero-order valence-electron chi connectivity index (χ0n) is 14.1. The van der Waals surface area contributed by atoms with Gasteiger partial charge in [-0.3, -0.25) is 4.90 Å². The van der Waals surface area contributed by atoms with Crippen LogP contribution in [0.25, 0.3) is 0 Å². The van der Waals surface area contributed by atoms with Gasteiger partial charge in [0.05, 0.1) is 19.8 Å². The first kappa shape index (κ1) is 16.4. The van der Waals surface area contributed by atoms with Gasteiger partial charge in [0.25, 0.3) is 0 Å². The van der Waals surface area contributed by atoms with Crippen molar-refractivity contribution in [3.8, 4) is 11.5 Å². The molecule has 1 fully saturated rings. The van der Waals surface area contributed by atoms with Gasteiger partial charge in [0.2, 0.25) is 0 Å². The van der Waals surface area contributed by atoms with Crippen molar-refractivity contribution in [1.82, 2.24) is 4.90 Å². The smallest absolute Gasteiger partial charge is 0.135 e. The first-order valence-electron chi connectivity index (χ1n) is 8.72. The van der Waals surface area contributed by atoms with Crippen LogP contribution in [0.5, 0.6) is 11.5 Å². The minimum Gasteiger partial charge on any atom is -0.493 e. The Bertz CT molecular complexity index is 706. The minimum atomic E-state index is -0.258. The Labute approximate surface area is 147 Å². The van der Waals surface area contributed by atoms with Crippen LogP contribution >= 0.6 is 0 Å².